The molecule has 10 fully saturated rings. The number of rotatable bonds is 17. The van der Waals surface area contributed by atoms with Crippen LogP contribution in [0.2, 0.25) is 0 Å². The van der Waals surface area contributed by atoms with Gasteiger partial charge in [0.05, 0.1) is 25.2 Å². The number of carboxylic acids is 3. The van der Waals surface area contributed by atoms with E-state index in [-0.39, 0.29) is 268 Å². The molecule has 2 saturated heterocycles. The molecule has 0 N–H and O–H groups in total. The first kappa shape index (κ1) is 71.6. The molecule has 2 heterocycles. The second-order valence-corrected chi connectivity index (χ2v) is 21.2. The van der Waals surface area contributed by atoms with E-state index in [0.29, 0.717) is 34.8 Å². The Kier molecular flexibility index (Phi) is 28.5. The van der Waals surface area contributed by atoms with E-state index >= 15 is 0 Å². The summed E-state index contributed by atoms with van der Waals surface area (Å²) in [5.41, 5.74) is -0.837. The van der Waals surface area contributed by atoms with Crippen molar-refractivity contribution in [2.45, 2.75) is 106 Å². The molecule has 356 valence electrons. The van der Waals surface area contributed by atoms with Gasteiger partial charge in [-0.25, -0.2) is 9.78 Å². The molecule has 20 nitrogen and oxygen atoms in total. The van der Waals surface area contributed by atoms with Gasteiger partial charge in [0.15, 0.2) is 11.2 Å². The summed E-state index contributed by atoms with van der Waals surface area (Å²) in [5, 5.41) is 33.2. The molecule has 2 aromatic rings. The maximum atomic E-state index is 11.2. The third-order valence-corrected chi connectivity index (χ3v) is 16.2. The number of benzene rings is 2. The summed E-state index contributed by atoms with van der Waals surface area (Å²) in [6.45, 7) is -0.241. The summed E-state index contributed by atoms with van der Waals surface area (Å²) in [6, 6.07) is 11.8. The molecule has 2 spiro atoms. The summed E-state index contributed by atoms with van der Waals surface area (Å²) >= 11 is 0. The van der Waals surface area contributed by atoms with Crippen molar-refractivity contribution in [3.05, 3.63) is 59.7 Å². The van der Waals surface area contributed by atoms with E-state index in [9.17, 15) is 58.4 Å². The Morgan fingerprint density at radius 2 is 0.889 bits per heavy atom. The number of hydrogen-bond acceptors (Lipinski definition) is 20. The van der Waals surface area contributed by atoms with E-state index in [1.807, 2.05) is 0 Å². The van der Waals surface area contributed by atoms with Crippen molar-refractivity contribution < 1.29 is 303 Å². The first-order chi connectivity index (χ1) is 30.8. The number of carboxylic acid groups (broad SMARTS) is 3. The SMILES string of the molecule is O=C([O-])C(CCOC1(c2cccc(OP(=O)([O-])[O-])c2)OOC12C1CC3CC(C1)CC2C3)C(=O)[O-].O=C([O-])CCCOC1(c2cccc(OP(=O)([O-])[O-])c2)OOC12C1CC3CC(C1)CC2C3.[Na+].[Na+].[Na+].[Na+].[Na+].[Na+].[Na+]. The van der Waals surface area contributed by atoms with E-state index < -0.39 is 68.7 Å². The first-order valence-corrected chi connectivity index (χ1v) is 25.0. The molecule has 72 heavy (non-hydrogen) atoms. The van der Waals surface area contributed by atoms with Crippen molar-refractivity contribution in [2.24, 2.45) is 53.3 Å². The number of carbonyl (C=O) groups is 3. The molecule has 8 aliphatic carbocycles. The predicted octanol–water partition coefficient (Wildman–Crippen LogP) is -21.5. The maximum absolute atomic E-state index is 11.2. The summed E-state index contributed by atoms with van der Waals surface area (Å²) in [4.78, 5) is 101. The van der Waals surface area contributed by atoms with Crippen LogP contribution in [0.3, 0.4) is 0 Å². The van der Waals surface area contributed by atoms with Crippen LogP contribution in [-0.4, -0.2) is 42.3 Å². The number of ether oxygens (including phenoxy) is 2. The Morgan fingerprint density at radius 3 is 1.18 bits per heavy atom. The van der Waals surface area contributed by atoms with E-state index in [0.717, 1.165) is 51.4 Å². The molecule has 0 radical (unpaired) electrons. The van der Waals surface area contributed by atoms with Crippen LogP contribution < -0.4 is 251 Å². The van der Waals surface area contributed by atoms with Crippen LogP contribution in [0.5, 0.6) is 11.5 Å². The minimum atomic E-state index is -5.33. The molecule has 2 unspecified atom stereocenters. The molecule has 8 saturated carbocycles. The van der Waals surface area contributed by atoms with Gasteiger partial charge >= 0.3 is 207 Å². The van der Waals surface area contributed by atoms with Crippen LogP contribution in [0.4, 0.5) is 0 Å². The molecule has 0 aromatic heterocycles. The van der Waals surface area contributed by atoms with Gasteiger partial charge < -0.3 is 76.9 Å². The Bertz CT molecular complexity index is 2220. The zero-order chi connectivity index (χ0) is 46.2. The first-order valence-electron chi connectivity index (χ1n) is 22.0. The standard InChI is InChI=1S/C22H27O11P.C21H27O9P.7Na/c23-19(24)18(20(25)26)4-5-30-22(14-2-1-3-17(11-14)31-34(27,28)29)21(32-33-22)15-7-12-6-13(9-15)10-16(21)8-12;22-19(23)5-2-6-27-21(15-3-1-4-18(12-15)28-31(24,25)26)20(29-30-21)16-8-13-7-14(10-16)11-17(20)9-13;;;;;;;/h1-3,11-13,15-16,18H,4-10H2,(H,23,24)(H,25,26)(H2,27,28,29);1,3-4,12-14,16-17H,2,5-11H2,(H,22,23)(H2,24,25,26);;;;;;;/q;;7*+1/p-7. The van der Waals surface area contributed by atoms with Gasteiger partial charge in [0, 0.05) is 23.0 Å². The van der Waals surface area contributed by atoms with Crippen LogP contribution in [0.15, 0.2) is 48.5 Å². The third-order valence-electron chi connectivity index (χ3n) is 15.3. The Balaban J connectivity index is 0.000000451. The van der Waals surface area contributed by atoms with Gasteiger partial charge in [-0.15, -0.1) is 0 Å². The van der Waals surface area contributed by atoms with Gasteiger partial charge in [0.25, 0.3) is 11.6 Å². The molecule has 2 aromatic carbocycles. The molecule has 0 amide bonds. The fraction of sp³-hybridized carbons (Fsp3) is 0.651. The van der Waals surface area contributed by atoms with Crippen LogP contribution in [0.1, 0.15) is 94.6 Å². The second-order valence-electron chi connectivity index (χ2n) is 19.0. The van der Waals surface area contributed by atoms with E-state index in [2.05, 4.69) is 9.05 Å². The normalized spacial score (nSPS) is 33.5. The van der Waals surface area contributed by atoms with Crippen LogP contribution in [0, 0.1) is 53.3 Å². The number of carbonyl (C=O) groups excluding carboxylic acids is 3. The fourth-order valence-electron chi connectivity index (χ4n) is 13.4. The molecule has 2 aliphatic heterocycles. The van der Waals surface area contributed by atoms with Crippen molar-refractivity contribution in [1.82, 2.24) is 0 Å². The minimum absolute atomic E-state index is 0. The monoisotopic (exact) mass is 1110 g/mol. The molecule has 12 rings (SSSR count). The Morgan fingerprint density at radius 1 is 0.542 bits per heavy atom. The largest absolute Gasteiger partial charge is 1.00 e. The molecular weight excluding hydrogens is 1060 g/mol. The van der Waals surface area contributed by atoms with E-state index in [4.69, 9.17) is 29.0 Å². The van der Waals surface area contributed by atoms with E-state index in [1.165, 1.54) is 43.2 Å². The van der Waals surface area contributed by atoms with Gasteiger partial charge in [0.2, 0.25) is 0 Å². The van der Waals surface area contributed by atoms with E-state index in [1.54, 1.807) is 18.2 Å². The van der Waals surface area contributed by atoms with Gasteiger partial charge in [-0.1, -0.05) is 24.3 Å². The molecule has 8 bridgehead atoms. The number of hydrogen-bond donors (Lipinski definition) is 0. The predicted molar refractivity (Wildman–Crippen MR) is 201 cm³/mol. The van der Waals surface area contributed by atoms with Gasteiger partial charge in [-0.2, -0.15) is 9.78 Å². The molecule has 10 aliphatic rings. The van der Waals surface area contributed by atoms with Crippen molar-refractivity contribution in [1.29, 1.82) is 0 Å². The summed E-state index contributed by atoms with van der Waals surface area (Å²) in [5.74, 6) is -6.82. The average Bonchev–Trinajstić information content (AvgIpc) is 3.18. The second kappa shape index (κ2) is 28.7. The van der Waals surface area contributed by atoms with Crippen molar-refractivity contribution in [3.8, 4) is 11.5 Å². The van der Waals surface area contributed by atoms with Crippen molar-refractivity contribution >= 4 is 33.6 Å². The molecule has 2 atom stereocenters. The summed E-state index contributed by atoms with van der Waals surface area (Å²) in [6.07, 6.45) is 9.68. The number of aliphatic carboxylic acids is 3. The number of phosphoric acid groups is 2. The van der Waals surface area contributed by atoms with Crippen LogP contribution in [0.25, 0.3) is 0 Å². The fourth-order valence-corrected chi connectivity index (χ4v) is 14.1. The van der Waals surface area contributed by atoms with Crippen molar-refractivity contribution in [3.63, 3.8) is 0 Å². The zero-order valence-corrected chi connectivity index (χ0v) is 57.8. The van der Waals surface area contributed by atoms with Crippen LogP contribution >= 0.6 is 15.6 Å². The maximum Gasteiger partial charge on any atom is 1.00 e. The zero-order valence-electron chi connectivity index (χ0n) is 42.0. The Labute approximate surface area is 572 Å². The van der Waals surface area contributed by atoms with Gasteiger partial charge in [-0.3, -0.25) is 0 Å². The summed E-state index contributed by atoms with van der Waals surface area (Å²) < 4.78 is 43.7. The quantitative estimate of drug-likeness (QED) is 0.0467. The smallest absolute Gasteiger partial charge is 0.780 e. The third kappa shape index (κ3) is 14.3. The Hall–Kier alpha value is 3.51. The number of phosphoric ester groups is 2. The molecular formula is C43H47Na7O20P2. The van der Waals surface area contributed by atoms with Crippen LogP contribution in [-0.2, 0) is 64.1 Å². The van der Waals surface area contributed by atoms with Crippen molar-refractivity contribution in [2.75, 3.05) is 13.2 Å². The van der Waals surface area contributed by atoms with Gasteiger partial charge in [-0.05, 0) is 155 Å². The minimum Gasteiger partial charge on any atom is -0.780 e. The molecule has 29 heteroatoms. The summed E-state index contributed by atoms with van der Waals surface area (Å²) in [7, 11) is -10.6. The van der Waals surface area contributed by atoms with Gasteiger partial charge in [0.1, 0.15) is 27.1 Å². The average molecular weight is 1110 g/mol. The topological polar surface area (TPSA) is 321 Å².